The molecule has 0 bridgehead atoms. The van der Waals surface area contributed by atoms with Crippen molar-refractivity contribution < 1.29 is 19.7 Å². The molecule has 33 heavy (non-hydrogen) atoms. The minimum atomic E-state index is -0.845. The van der Waals surface area contributed by atoms with Crippen molar-refractivity contribution in [3.05, 3.63) is 41.4 Å². The smallest absolute Gasteiger partial charge is 0.244 e. The van der Waals surface area contributed by atoms with E-state index in [-0.39, 0.29) is 25.2 Å². The molecule has 0 aliphatic carbocycles. The van der Waals surface area contributed by atoms with Gasteiger partial charge >= 0.3 is 0 Å². The van der Waals surface area contributed by atoms with Crippen LogP contribution in [0.15, 0.2) is 36.4 Å². The van der Waals surface area contributed by atoms with E-state index in [1.165, 1.54) is 11.3 Å². The topological polar surface area (TPSA) is 111 Å². The lowest BCUT2D eigenvalue weighted by Crippen LogP contribution is -2.23. The molecule has 1 aromatic carbocycles. The molecular weight excluding hydrogens is 466 g/mol. The number of fused-ring (bicyclic) bond motifs is 1. The van der Waals surface area contributed by atoms with Crippen LogP contribution in [0.25, 0.3) is 10.3 Å². The van der Waals surface area contributed by atoms with Gasteiger partial charge in [-0.3, -0.25) is 9.69 Å². The highest BCUT2D eigenvalue weighted by molar-refractivity contribution is 7.22. The van der Waals surface area contributed by atoms with Crippen LogP contribution < -0.4 is 10.2 Å². The van der Waals surface area contributed by atoms with Crippen LogP contribution in [0, 0.1) is 0 Å². The van der Waals surface area contributed by atoms with Crippen molar-refractivity contribution in [3.8, 4) is 0 Å². The quantitative estimate of drug-likeness (QED) is 0.277. The van der Waals surface area contributed by atoms with Gasteiger partial charge in [0.25, 0.3) is 0 Å². The van der Waals surface area contributed by atoms with Gasteiger partial charge < -0.3 is 25.2 Å². The van der Waals surface area contributed by atoms with Crippen LogP contribution in [0.5, 0.6) is 0 Å². The first-order valence-electron chi connectivity index (χ1n) is 10.6. The van der Waals surface area contributed by atoms with E-state index in [2.05, 4.69) is 10.3 Å². The van der Waals surface area contributed by atoms with E-state index in [0.717, 1.165) is 34.8 Å². The molecule has 176 valence electrons. The highest BCUT2D eigenvalue weighted by atomic mass is 35.5. The van der Waals surface area contributed by atoms with Crippen LogP contribution in [-0.2, 0) is 9.53 Å². The molecule has 1 amide bonds. The van der Waals surface area contributed by atoms with Gasteiger partial charge in [-0.1, -0.05) is 22.9 Å². The number of rotatable bonds is 11. The standard InChI is InChI=1S/C22H26ClN5O4S/c1-27(15-5-3-14(23)4-6-15)19-8-7-17-21(25-19)33-22(24-17)26-20(31)18-11-28(18)9-2-10-32-13-16(30)12-29/h3-8,16,18,29-30H,2,9-13H2,1H3,(H,24,26,31). The van der Waals surface area contributed by atoms with Gasteiger partial charge in [0.1, 0.15) is 28.3 Å². The van der Waals surface area contributed by atoms with Gasteiger partial charge in [-0.25, -0.2) is 9.97 Å². The monoisotopic (exact) mass is 491 g/mol. The van der Waals surface area contributed by atoms with Crippen molar-refractivity contribution in [1.82, 2.24) is 14.9 Å². The molecule has 1 fully saturated rings. The fourth-order valence-corrected chi connectivity index (χ4v) is 4.31. The zero-order chi connectivity index (χ0) is 23.4. The maximum absolute atomic E-state index is 12.5. The number of thiazole rings is 1. The summed E-state index contributed by atoms with van der Waals surface area (Å²) in [6.07, 6.45) is -0.0985. The lowest BCUT2D eigenvalue weighted by Gasteiger charge is -2.18. The lowest BCUT2D eigenvalue weighted by molar-refractivity contribution is -0.116. The van der Waals surface area contributed by atoms with Crippen molar-refractivity contribution in [3.63, 3.8) is 0 Å². The SMILES string of the molecule is CN(c1ccc(Cl)cc1)c1ccc2nc(NC(=O)C3CN3CCCOCC(O)CO)sc2n1. The van der Waals surface area contributed by atoms with Crippen molar-refractivity contribution in [2.24, 2.45) is 0 Å². The Balaban J connectivity index is 1.29. The number of hydrogen-bond donors (Lipinski definition) is 3. The molecule has 3 N–H and O–H groups in total. The van der Waals surface area contributed by atoms with E-state index in [0.29, 0.717) is 23.3 Å². The van der Waals surface area contributed by atoms with Crippen LogP contribution in [0.4, 0.5) is 16.6 Å². The summed E-state index contributed by atoms with van der Waals surface area (Å²) in [7, 11) is 1.93. The fraction of sp³-hybridized carbons (Fsp3) is 0.409. The molecule has 3 heterocycles. The van der Waals surface area contributed by atoms with Crippen LogP contribution in [0.1, 0.15) is 6.42 Å². The van der Waals surface area contributed by atoms with Crippen molar-refractivity contribution in [2.45, 2.75) is 18.6 Å². The summed E-state index contributed by atoms with van der Waals surface area (Å²) < 4.78 is 5.29. The van der Waals surface area contributed by atoms with Crippen LogP contribution in [-0.4, -0.2) is 83.1 Å². The fourth-order valence-electron chi connectivity index (χ4n) is 3.35. The average molecular weight is 492 g/mol. The number of hydrogen-bond acceptors (Lipinski definition) is 9. The Kier molecular flexibility index (Phi) is 7.74. The first-order valence-corrected chi connectivity index (χ1v) is 11.8. The molecule has 3 unspecified atom stereocenters. The summed E-state index contributed by atoms with van der Waals surface area (Å²) in [6, 6.07) is 11.2. The maximum Gasteiger partial charge on any atom is 0.244 e. The predicted octanol–water partition coefficient (Wildman–Crippen LogP) is 2.50. The molecule has 2 aromatic heterocycles. The Morgan fingerprint density at radius 1 is 1.33 bits per heavy atom. The number of carbonyl (C=O) groups is 1. The summed E-state index contributed by atoms with van der Waals surface area (Å²) in [4.78, 5) is 26.5. The lowest BCUT2D eigenvalue weighted by atomic mass is 10.3. The van der Waals surface area contributed by atoms with E-state index in [1.807, 2.05) is 53.2 Å². The average Bonchev–Trinajstić information content (AvgIpc) is 3.48. The maximum atomic E-state index is 12.5. The molecule has 0 saturated carbocycles. The van der Waals surface area contributed by atoms with Crippen LogP contribution in [0.2, 0.25) is 5.02 Å². The molecule has 1 aliphatic heterocycles. The molecule has 0 radical (unpaired) electrons. The molecule has 3 atom stereocenters. The van der Waals surface area contributed by atoms with Gasteiger partial charge in [0.2, 0.25) is 5.91 Å². The number of nitrogens with zero attached hydrogens (tertiary/aromatic N) is 4. The third-order valence-electron chi connectivity index (χ3n) is 5.30. The minimum Gasteiger partial charge on any atom is -0.394 e. The zero-order valence-electron chi connectivity index (χ0n) is 18.1. The largest absolute Gasteiger partial charge is 0.394 e. The number of aliphatic hydroxyl groups excluding tert-OH is 2. The summed E-state index contributed by atoms with van der Waals surface area (Å²) in [5.41, 5.74) is 1.70. The van der Waals surface area contributed by atoms with Gasteiger partial charge in [-0.2, -0.15) is 0 Å². The van der Waals surface area contributed by atoms with Gasteiger partial charge in [-0.05, 0) is 42.8 Å². The Labute approximate surface area is 200 Å². The number of aromatic nitrogens is 2. The van der Waals surface area contributed by atoms with E-state index in [4.69, 9.17) is 26.4 Å². The molecule has 4 rings (SSSR count). The zero-order valence-corrected chi connectivity index (χ0v) is 19.7. The van der Waals surface area contributed by atoms with Crippen molar-refractivity contribution in [1.29, 1.82) is 0 Å². The summed E-state index contributed by atoms with van der Waals surface area (Å²) in [5.74, 6) is 0.692. The number of amides is 1. The number of halogens is 1. The van der Waals surface area contributed by atoms with Crippen LogP contribution in [0.3, 0.4) is 0 Å². The molecular formula is C22H26ClN5O4S. The van der Waals surface area contributed by atoms with Crippen LogP contribution >= 0.6 is 22.9 Å². The molecule has 1 saturated heterocycles. The highest BCUT2D eigenvalue weighted by Crippen LogP contribution is 2.30. The van der Waals surface area contributed by atoms with Crippen molar-refractivity contribution >= 4 is 55.8 Å². The second-order valence-electron chi connectivity index (χ2n) is 7.81. The van der Waals surface area contributed by atoms with Gasteiger partial charge in [0.15, 0.2) is 5.13 Å². The molecule has 3 aromatic rings. The van der Waals surface area contributed by atoms with E-state index in [1.54, 1.807) is 0 Å². The first-order chi connectivity index (χ1) is 15.9. The number of anilines is 3. The second-order valence-corrected chi connectivity index (χ2v) is 9.23. The highest BCUT2D eigenvalue weighted by Gasteiger charge is 2.40. The first kappa shape index (κ1) is 23.8. The minimum absolute atomic E-state index is 0.0795. The number of ether oxygens (including phenoxy) is 1. The third kappa shape index (κ3) is 6.17. The second kappa shape index (κ2) is 10.7. The molecule has 1 aliphatic rings. The van der Waals surface area contributed by atoms with E-state index in [9.17, 15) is 9.90 Å². The van der Waals surface area contributed by atoms with Crippen molar-refractivity contribution in [2.75, 3.05) is 50.2 Å². The normalized spacial score (nSPS) is 18.3. The Morgan fingerprint density at radius 3 is 2.88 bits per heavy atom. The predicted molar refractivity (Wildman–Crippen MR) is 129 cm³/mol. The molecule has 0 spiro atoms. The summed E-state index contributed by atoms with van der Waals surface area (Å²) >= 11 is 7.32. The van der Waals surface area contributed by atoms with E-state index < -0.39 is 6.10 Å². The number of benzene rings is 1. The number of nitrogens with one attached hydrogen (secondary N) is 1. The number of pyridine rings is 1. The Bertz CT molecular complexity index is 1100. The molecule has 11 heteroatoms. The number of aliphatic hydroxyl groups is 2. The van der Waals surface area contributed by atoms with Gasteiger partial charge in [0, 0.05) is 37.5 Å². The van der Waals surface area contributed by atoms with E-state index >= 15 is 0 Å². The Morgan fingerprint density at radius 2 is 2.12 bits per heavy atom. The Hall–Kier alpha value is -2.34. The summed E-state index contributed by atoms with van der Waals surface area (Å²) in [5, 5.41) is 22.1. The van der Waals surface area contributed by atoms with Gasteiger partial charge in [0.05, 0.1) is 13.2 Å². The molecule has 9 nitrogen and oxygen atoms in total. The summed E-state index contributed by atoms with van der Waals surface area (Å²) in [6.45, 7) is 1.71. The third-order valence-corrected chi connectivity index (χ3v) is 6.43. The van der Waals surface area contributed by atoms with Gasteiger partial charge in [-0.15, -0.1) is 0 Å². The number of carbonyl (C=O) groups excluding carboxylic acids is 1.